The van der Waals surface area contributed by atoms with Crippen LogP contribution in [0.4, 0.5) is 0 Å². The molecule has 0 radical (unpaired) electrons. The maximum Gasteiger partial charge on any atom is 0.321 e. The normalized spacial score (nSPS) is 23.3. The Morgan fingerprint density at radius 2 is 2.33 bits per heavy atom. The number of nitrogens with two attached hydrogens (primary N) is 1. The largest absolute Gasteiger partial charge is 0.480 e. The van der Waals surface area contributed by atoms with Gasteiger partial charge in [0.05, 0.1) is 5.25 Å². The SMILES string of the molecule is CN1C(=O)CC(SC[C@H](N)C(=O)O)C1=O. The molecule has 0 bridgehead atoms. The smallest absolute Gasteiger partial charge is 0.321 e. The van der Waals surface area contributed by atoms with Gasteiger partial charge in [-0.15, -0.1) is 11.8 Å². The van der Waals surface area contributed by atoms with E-state index in [9.17, 15) is 14.4 Å². The molecule has 0 saturated carbocycles. The van der Waals surface area contributed by atoms with Gasteiger partial charge in [0.2, 0.25) is 11.8 Å². The Bertz CT molecular complexity index is 307. The van der Waals surface area contributed by atoms with Crippen molar-refractivity contribution in [3.05, 3.63) is 0 Å². The van der Waals surface area contributed by atoms with Crippen LogP contribution in [0.5, 0.6) is 0 Å². The van der Waals surface area contributed by atoms with Gasteiger partial charge in [-0.05, 0) is 0 Å². The van der Waals surface area contributed by atoms with Crippen LogP contribution in [0.3, 0.4) is 0 Å². The minimum Gasteiger partial charge on any atom is -0.480 e. The minimum absolute atomic E-state index is 0.131. The fraction of sp³-hybridized carbons (Fsp3) is 0.625. The number of carbonyl (C=O) groups is 3. The van der Waals surface area contributed by atoms with Crippen LogP contribution in [0.15, 0.2) is 0 Å². The van der Waals surface area contributed by atoms with Gasteiger partial charge >= 0.3 is 5.97 Å². The first-order valence-electron chi connectivity index (χ1n) is 4.34. The summed E-state index contributed by atoms with van der Waals surface area (Å²) in [5.74, 6) is -1.48. The van der Waals surface area contributed by atoms with Gasteiger partial charge in [-0.2, -0.15) is 0 Å². The Kier molecular flexibility index (Phi) is 3.70. The molecule has 0 aromatic heterocycles. The summed E-state index contributed by atoms with van der Waals surface area (Å²) in [6.07, 6.45) is 0.131. The van der Waals surface area contributed by atoms with Crippen molar-refractivity contribution in [1.29, 1.82) is 0 Å². The molecule has 0 aromatic rings. The number of imide groups is 1. The van der Waals surface area contributed by atoms with Crippen molar-refractivity contribution >= 4 is 29.5 Å². The van der Waals surface area contributed by atoms with E-state index in [0.29, 0.717) is 0 Å². The number of carboxylic acid groups (broad SMARTS) is 1. The Balaban J connectivity index is 2.44. The fourth-order valence-corrected chi connectivity index (χ4v) is 2.29. The third-order valence-electron chi connectivity index (χ3n) is 2.13. The minimum atomic E-state index is -1.10. The van der Waals surface area contributed by atoms with Gasteiger partial charge in [0.15, 0.2) is 0 Å². The highest BCUT2D eigenvalue weighted by molar-refractivity contribution is 8.00. The average Bonchev–Trinajstić information content (AvgIpc) is 2.42. The maximum atomic E-state index is 11.4. The van der Waals surface area contributed by atoms with Crippen molar-refractivity contribution in [2.24, 2.45) is 5.73 Å². The molecule has 15 heavy (non-hydrogen) atoms. The molecule has 6 nitrogen and oxygen atoms in total. The van der Waals surface area contributed by atoms with Gasteiger partial charge in [-0.25, -0.2) is 0 Å². The lowest BCUT2D eigenvalue weighted by atomic mass is 10.3. The first kappa shape index (κ1) is 12.0. The molecule has 1 unspecified atom stereocenters. The van der Waals surface area contributed by atoms with Crippen molar-refractivity contribution in [2.75, 3.05) is 12.8 Å². The van der Waals surface area contributed by atoms with E-state index in [1.807, 2.05) is 0 Å². The lowest BCUT2D eigenvalue weighted by Gasteiger charge is -2.10. The van der Waals surface area contributed by atoms with E-state index in [2.05, 4.69) is 0 Å². The molecule has 2 atom stereocenters. The first-order valence-corrected chi connectivity index (χ1v) is 5.38. The van der Waals surface area contributed by atoms with Crippen LogP contribution in [-0.4, -0.2) is 51.9 Å². The van der Waals surface area contributed by atoms with Crippen LogP contribution in [0.2, 0.25) is 0 Å². The summed E-state index contributed by atoms with van der Waals surface area (Å²) >= 11 is 1.12. The number of aliphatic carboxylic acids is 1. The predicted octanol–water partition coefficient (Wildman–Crippen LogP) is -1.11. The number of likely N-dealkylation sites (tertiary alicyclic amines) is 1. The van der Waals surface area contributed by atoms with E-state index in [1.54, 1.807) is 0 Å². The summed E-state index contributed by atoms with van der Waals surface area (Å²) in [5.41, 5.74) is 5.28. The topological polar surface area (TPSA) is 101 Å². The summed E-state index contributed by atoms with van der Waals surface area (Å²) in [6, 6.07) is -0.996. The number of thioether (sulfide) groups is 1. The van der Waals surface area contributed by atoms with Crippen molar-refractivity contribution in [3.8, 4) is 0 Å². The van der Waals surface area contributed by atoms with E-state index < -0.39 is 17.3 Å². The molecule has 1 heterocycles. The molecule has 0 spiro atoms. The summed E-state index contributed by atoms with van der Waals surface area (Å²) in [4.78, 5) is 34.0. The molecule has 84 valence electrons. The highest BCUT2D eigenvalue weighted by atomic mass is 32.2. The second-order valence-electron chi connectivity index (χ2n) is 3.26. The maximum absolute atomic E-state index is 11.4. The molecule has 1 rings (SSSR count). The average molecular weight is 232 g/mol. The molecular formula is C8H12N2O4S. The highest BCUT2D eigenvalue weighted by Crippen LogP contribution is 2.24. The summed E-state index contributed by atoms with van der Waals surface area (Å²) in [7, 11) is 1.42. The van der Waals surface area contributed by atoms with Gasteiger partial charge in [0.1, 0.15) is 6.04 Å². The van der Waals surface area contributed by atoms with Gasteiger partial charge in [-0.3, -0.25) is 19.3 Å². The Hall–Kier alpha value is -1.08. The van der Waals surface area contributed by atoms with Gasteiger partial charge in [-0.1, -0.05) is 0 Å². The molecule has 2 amide bonds. The zero-order chi connectivity index (χ0) is 11.6. The Morgan fingerprint density at radius 3 is 2.73 bits per heavy atom. The zero-order valence-corrected chi connectivity index (χ0v) is 8.99. The monoisotopic (exact) mass is 232 g/mol. The number of carbonyl (C=O) groups excluding carboxylic acids is 2. The number of amides is 2. The van der Waals surface area contributed by atoms with Crippen LogP contribution in [0, 0.1) is 0 Å². The van der Waals surface area contributed by atoms with Crippen LogP contribution < -0.4 is 5.73 Å². The Morgan fingerprint density at radius 1 is 1.73 bits per heavy atom. The summed E-state index contributed by atoms with van der Waals surface area (Å²) in [5, 5.41) is 8.05. The molecule has 1 aliphatic rings. The van der Waals surface area contributed by atoms with E-state index in [1.165, 1.54) is 7.05 Å². The molecule has 3 N–H and O–H groups in total. The number of carboxylic acids is 1. The van der Waals surface area contributed by atoms with Crippen molar-refractivity contribution < 1.29 is 19.5 Å². The van der Waals surface area contributed by atoms with E-state index in [-0.39, 0.29) is 24.0 Å². The number of nitrogens with zero attached hydrogens (tertiary/aromatic N) is 1. The van der Waals surface area contributed by atoms with Crippen molar-refractivity contribution in [1.82, 2.24) is 4.90 Å². The number of rotatable bonds is 4. The van der Waals surface area contributed by atoms with Crippen LogP contribution in [0.25, 0.3) is 0 Å². The number of hydrogen-bond acceptors (Lipinski definition) is 5. The van der Waals surface area contributed by atoms with Crippen molar-refractivity contribution in [3.63, 3.8) is 0 Å². The predicted molar refractivity (Wildman–Crippen MR) is 54.3 cm³/mol. The summed E-state index contributed by atoms with van der Waals surface area (Å²) in [6.45, 7) is 0. The van der Waals surface area contributed by atoms with E-state index >= 15 is 0 Å². The van der Waals surface area contributed by atoms with Crippen LogP contribution >= 0.6 is 11.8 Å². The van der Waals surface area contributed by atoms with Crippen LogP contribution in [0.1, 0.15) is 6.42 Å². The second-order valence-corrected chi connectivity index (χ2v) is 4.50. The molecule has 1 aliphatic heterocycles. The zero-order valence-electron chi connectivity index (χ0n) is 8.17. The molecule has 0 aliphatic carbocycles. The van der Waals surface area contributed by atoms with Crippen LogP contribution in [-0.2, 0) is 14.4 Å². The molecule has 1 saturated heterocycles. The molecule has 1 fully saturated rings. The van der Waals surface area contributed by atoms with Gasteiger partial charge in [0.25, 0.3) is 0 Å². The molecule has 0 aromatic carbocycles. The highest BCUT2D eigenvalue weighted by Gasteiger charge is 2.36. The second kappa shape index (κ2) is 4.63. The quantitative estimate of drug-likeness (QED) is 0.596. The van der Waals surface area contributed by atoms with E-state index in [0.717, 1.165) is 16.7 Å². The van der Waals surface area contributed by atoms with Crippen molar-refractivity contribution in [2.45, 2.75) is 17.7 Å². The summed E-state index contributed by atoms with van der Waals surface area (Å²) < 4.78 is 0. The lowest BCUT2D eigenvalue weighted by Crippen LogP contribution is -2.34. The van der Waals surface area contributed by atoms with Gasteiger partial charge < -0.3 is 10.8 Å². The number of hydrogen-bond donors (Lipinski definition) is 2. The lowest BCUT2D eigenvalue weighted by molar-refractivity contribution is -0.138. The van der Waals surface area contributed by atoms with Gasteiger partial charge in [0, 0.05) is 19.2 Å². The first-order chi connectivity index (χ1) is 6.93. The Labute approximate surface area is 90.8 Å². The molecule has 7 heteroatoms. The molecular weight excluding hydrogens is 220 g/mol. The third-order valence-corrected chi connectivity index (χ3v) is 3.46. The standard InChI is InChI=1S/C8H12N2O4S/c1-10-6(11)2-5(7(10)12)15-3-4(9)8(13)14/h4-5H,2-3,9H2,1H3,(H,13,14)/t4-,5?/m0/s1. The fourth-order valence-electron chi connectivity index (χ4n) is 1.14. The third kappa shape index (κ3) is 2.69. The van der Waals surface area contributed by atoms with E-state index in [4.69, 9.17) is 10.8 Å².